The first-order chi connectivity index (χ1) is 10.1. The summed E-state index contributed by atoms with van der Waals surface area (Å²) in [6.07, 6.45) is 0.942. The van der Waals surface area contributed by atoms with Gasteiger partial charge in [0.15, 0.2) is 0 Å². The number of hydrogen-bond donors (Lipinski definition) is 2. The maximum atomic E-state index is 11.4. The molecular weight excluding hydrogens is 270 g/mol. The summed E-state index contributed by atoms with van der Waals surface area (Å²) in [6.45, 7) is 3.86. The number of fused-ring (bicyclic) bond motifs is 1. The van der Waals surface area contributed by atoms with Crippen LogP contribution in [0.2, 0.25) is 0 Å². The Morgan fingerprint density at radius 2 is 1.90 bits per heavy atom. The van der Waals surface area contributed by atoms with Crippen molar-refractivity contribution in [3.05, 3.63) is 60.2 Å². The molecule has 5 nitrogen and oxygen atoms in total. The molecule has 2 aromatic carbocycles. The minimum Gasteiger partial charge on any atom is -0.478 e. The van der Waals surface area contributed by atoms with Crippen molar-refractivity contribution in [1.82, 2.24) is 5.32 Å². The smallest absolute Gasteiger partial charge is 0.407 e. The van der Waals surface area contributed by atoms with Crippen LogP contribution in [0.5, 0.6) is 0 Å². The zero-order valence-electron chi connectivity index (χ0n) is 11.3. The van der Waals surface area contributed by atoms with E-state index in [0.29, 0.717) is 5.39 Å². The molecule has 2 aromatic rings. The molecule has 5 heteroatoms. The molecule has 0 fully saturated rings. The van der Waals surface area contributed by atoms with Gasteiger partial charge in [0.1, 0.15) is 6.61 Å². The summed E-state index contributed by atoms with van der Waals surface area (Å²) in [5.74, 6) is -0.976. The number of benzene rings is 2. The van der Waals surface area contributed by atoms with E-state index in [-0.39, 0.29) is 18.7 Å². The van der Waals surface area contributed by atoms with E-state index in [0.717, 1.165) is 10.9 Å². The number of ether oxygens (including phenoxy) is 1. The van der Waals surface area contributed by atoms with Crippen molar-refractivity contribution in [2.45, 2.75) is 6.54 Å². The van der Waals surface area contributed by atoms with Crippen LogP contribution in [0.15, 0.2) is 49.1 Å². The van der Waals surface area contributed by atoms with Gasteiger partial charge < -0.3 is 15.2 Å². The summed E-state index contributed by atoms with van der Waals surface area (Å²) in [5.41, 5.74) is 1.06. The molecule has 0 aliphatic rings. The fourth-order valence-corrected chi connectivity index (χ4v) is 2.07. The second-order valence-corrected chi connectivity index (χ2v) is 4.36. The van der Waals surface area contributed by atoms with E-state index >= 15 is 0 Å². The molecule has 0 aliphatic carbocycles. The Hall–Kier alpha value is -2.82. The topological polar surface area (TPSA) is 75.6 Å². The predicted molar refractivity (Wildman–Crippen MR) is 79.3 cm³/mol. The largest absolute Gasteiger partial charge is 0.478 e. The minimum absolute atomic E-state index is 0.143. The number of amides is 1. The lowest BCUT2D eigenvalue weighted by atomic mass is 10.00. The van der Waals surface area contributed by atoms with E-state index in [9.17, 15) is 14.7 Å². The number of nitrogens with one attached hydrogen (secondary N) is 1. The van der Waals surface area contributed by atoms with Crippen LogP contribution in [0, 0.1) is 0 Å². The van der Waals surface area contributed by atoms with Gasteiger partial charge in [0.05, 0.1) is 5.56 Å². The minimum atomic E-state index is -0.976. The lowest BCUT2D eigenvalue weighted by molar-refractivity contribution is 0.0699. The van der Waals surface area contributed by atoms with Crippen LogP contribution in [0.3, 0.4) is 0 Å². The molecule has 0 bridgehead atoms. The highest BCUT2D eigenvalue weighted by molar-refractivity contribution is 6.04. The molecule has 0 atom stereocenters. The zero-order valence-corrected chi connectivity index (χ0v) is 11.3. The molecule has 0 saturated carbocycles. The first kappa shape index (κ1) is 14.6. The molecule has 0 unspecified atom stereocenters. The Bertz CT molecular complexity index is 694. The van der Waals surface area contributed by atoms with E-state index in [2.05, 4.69) is 11.9 Å². The molecule has 0 saturated heterocycles. The molecule has 21 heavy (non-hydrogen) atoms. The van der Waals surface area contributed by atoms with Gasteiger partial charge in [-0.1, -0.05) is 43.0 Å². The lowest BCUT2D eigenvalue weighted by Gasteiger charge is -2.10. The molecule has 0 spiro atoms. The van der Waals surface area contributed by atoms with Gasteiger partial charge in [-0.3, -0.25) is 0 Å². The van der Waals surface area contributed by atoms with E-state index in [1.54, 1.807) is 24.3 Å². The zero-order chi connectivity index (χ0) is 15.2. The number of aromatic carboxylic acids is 1. The van der Waals surface area contributed by atoms with Crippen molar-refractivity contribution >= 4 is 22.8 Å². The lowest BCUT2D eigenvalue weighted by Crippen LogP contribution is -2.23. The predicted octanol–water partition coefficient (Wildman–Crippen LogP) is 2.95. The third-order valence-corrected chi connectivity index (χ3v) is 3.00. The standard InChI is InChI=1S/C16H15NO4/c1-2-9-21-16(20)17-10-11-5-3-7-13-12(11)6-4-8-14(13)15(18)19/h2-8H,1,9-10H2,(H,17,20)(H,18,19). The highest BCUT2D eigenvalue weighted by Gasteiger charge is 2.10. The summed E-state index contributed by atoms with van der Waals surface area (Å²) < 4.78 is 4.82. The van der Waals surface area contributed by atoms with Gasteiger partial charge in [-0.15, -0.1) is 0 Å². The molecule has 0 heterocycles. The molecule has 0 aliphatic heterocycles. The highest BCUT2D eigenvalue weighted by Crippen LogP contribution is 2.22. The van der Waals surface area contributed by atoms with Crippen LogP contribution in [0.25, 0.3) is 10.8 Å². The number of alkyl carbamates (subject to hydrolysis) is 1. The van der Waals surface area contributed by atoms with Gasteiger partial charge in [0, 0.05) is 6.54 Å². The van der Waals surface area contributed by atoms with Gasteiger partial charge in [0.25, 0.3) is 0 Å². The van der Waals surface area contributed by atoms with Gasteiger partial charge in [-0.2, -0.15) is 0 Å². The summed E-state index contributed by atoms with van der Waals surface area (Å²) in [4.78, 5) is 22.6. The fourth-order valence-electron chi connectivity index (χ4n) is 2.07. The summed E-state index contributed by atoms with van der Waals surface area (Å²) >= 11 is 0. The van der Waals surface area contributed by atoms with Gasteiger partial charge in [-0.05, 0) is 22.4 Å². The molecule has 1 amide bonds. The average molecular weight is 285 g/mol. The van der Waals surface area contributed by atoms with Crippen molar-refractivity contribution < 1.29 is 19.4 Å². The SMILES string of the molecule is C=CCOC(=O)NCc1cccc2c(C(=O)O)cccc12. The first-order valence-electron chi connectivity index (χ1n) is 6.39. The van der Waals surface area contributed by atoms with Crippen LogP contribution < -0.4 is 5.32 Å². The third-order valence-electron chi connectivity index (χ3n) is 3.00. The Morgan fingerprint density at radius 1 is 1.19 bits per heavy atom. The third kappa shape index (κ3) is 3.39. The molecule has 2 N–H and O–H groups in total. The normalized spacial score (nSPS) is 10.1. The second-order valence-electron chi connectivity index (χ2n) is 4.36. The Labute approximate surface area is 121 Å². The van der Waals surface area contributed by atoms with Crippen LogP contribution in [-0.2, 0) is 11.3 Å². The maximum absolute atomic E-state index is 11.4. The molecular formula is C16H15NO4. The second kappa shape index (κ2) is 6.56. The summed E-state index contributed by atoms with van der Waals surface area (Å²) in [6, 6.07) is 10.4. The Kier molecular flexibility index (Phi) is 4.56. The van der Waals surface area contributed by atoms with Gasteiger partial charge in [-0.25, -0.2) is 9.59 Å². The summed E-state index contributed by atoms with van der Waals surface area (Å²) in [7, 11) is 0. The monoisotopic (exact) mass is 285 g/mol. The first-order valence-corrected chi connectivity index (χ1v) is 6.39. The van der Waals surface area contributed by atoms with Crippen LogP contribution in [0.4, 0.5) is 4.79 Å². The molecule has 108 valence electrons. The quantitative estimate of drug-likeness (QED) is 0.828. The molecule has 0 aromatic heterocycles. The average Bonchev–Trinajstić information content (AvgIpc) is 2.50. The number of carboxylic acid groups (broad SMARTS) is 1. The maximum Gasteiger partial charge on any atom is 0.407 e. The van der Waals surface area contributed by atoms with Crippen LogP contribution in [-0.4, -0.2) is 23.8 Å². The van der Waals surface area contributed by atoms with Crippen molar-refractivity contribution in [1.29, 1.82) is 0 Å². The number of hydrogen-bond acceptors (Lipinski definition) is 3. The van der Waals surface area contributed by atoms with E-state index in [4.69, 9.17) is 4.74 Å². The van der Waals surface area contributed by atoms with Gasteiger partial charge in [0.2, 0.25) is 0 Å². The molecule has 2 rings (SSSR count). The summed E-state index contributed by atoms with van der Waals surface area (Å²) in [5, 5.41) is 13.2. The number of carbonyl (C=O) groups excluding carboxylic acids is 1. The fraction of sp³-hybridized carbons (Fsp3) is 0.125. The van der Waals surface area contributed by atoms with Crippen molar-refractivity contribution in [3.63, 3.8) is 0 Å². The van der Waals surface area contributed by atoms with E-state index < -0.39 is 12.1 Å². The number of carboxylic acids is 1. The highest BCUT2D eigenvalue weighted by atomic mass is 16.5. The Morgan fingerprint density at radius 3 is 2.62 bits per heavy atom. The van der Waals surface area contributed by atoms with Crippen LogP contribution in [0.1, 0.15) is 15.9 Å². The van der Waals surface area contributed by atoms with E-state index in [1.165, 1.54) is 6.08 Å². The Balaban J connectivity index is 2.25. The van der Waals surface area contributed by atoms with Crippen molar-refractivity contribution in [2.24, 2.45) is 0 Å². The number of carbonyl (C=O) groups is 2. The van der Waals surface area contributed by atoms with Crippen molar-refractivity contribution in [2.75, 3.05) is 6.61 Å². The van der Waals surface area contributed by atoms with Crippen molar-refractivity contribution in [3.8, 4) is 0 Å². The number of rotatable bonds is 5. The van der Waals surface area contributed by atoms with E-state index in [1.807, 2.05) is 12.1 Å². The van der Waals surface area contributed by atoms with Crippen LogP contribution >= 0.6 is 0 Å². The van der Waals surface area contributed by atoms with Gasteiger partial charge >= 0.3 is 12.1 Å². The molecule has 0 radical (unpaired) electrons.